The van der Waals surface area contributed by atoms with E-state index in [0.29, 0.717) is 11.1 Å². The first-order valence-electron chi connectivity index (χ1n) is 7.22. The van der Waals surface area contributed by atoms with Crippen LogP contribution in [0.25, 0.3) is 0 Å². The monoisotopic (exact) mass is 336 g/mol. The molecule has 0 radical (unpaired) electrons. The van der Waals surface area contributed by atoms with Gasteiger partial charge in [0, 0.05) is 0 Å². The summed E-state index contributed by atoms with van der Waals surface area (Å²) < 4.78 is 0. The van der Waals surface area contributed by atoms with E-state index in [4.69, 9.17) is 5.11 Å². The second kappa shape index (κ2) is 6.69. The van der Waals surface area contributed by atoms with E-state index >= 15 is 0 Å². The molecule has 0 fully saturated rings. The maximum absolute atomic E-state index is 11.3. The van der Waals surface area contributed by atoms with E-state index in [1.54, 1.807) is 6.07 Å². The molecule has 1 aliphatic carbocycles. The maximum Gasteiger partial charge on any atom is 0.311 e. The molecule has 0 amide bonds. The van der Waals surface area contributed by atoms with Crippen LogP contribution in [0.5, 0.6) is 0 Å². The summed E-state index contributed by atoms with van der Waals surface area (Å²) in [5.41, 5.74) is 1.46. The van der Waals surface area contributed by atoms with E-state index in [1.807, 2.05) is 0 Å². The van der Waals surface area contributed by atoms with Crippen LogP contribution >= 0.6 is 0 Å². The third-order valence-corrected chi connectivity index (χ3v) is 4.31. The van der Waals surface area contributed by atoms with Crippen molar-refractivity contribution in [2.24, 2.45) is 11.8 Å². The molecule has 4 N–H and O–H groups in total. The summed E-state index contributed by atoms with van der Waals surface area (Å²) in [6.45, 7) is 0. The van der Waals surface area contributed by atoms with Crippen LogP contribution in [0.4, 0.5) is 0 Å². The van der Waals surface area contributed by atoms with Crippen molar-refractivity contribution in [3.63, 3.8) is 0 Å². The van der Waals surface area contributed by atoms with Gasteiger partial charge in [0.15, 0.2) is 0 Å². The predicted octanol–water partition coefficient (Wildman–Crippen LogP) is 0.830. The molecule has 1 aliphatic rings. The minimum atomic E-state index is -1.29. The fourth-order valence-corrected chi connectivity index (χ4v) is 3.05. The average molecular weight is 336 g/mol. The lowest BCUT2D eigenvalue weighted by Crippen LogP contribution is -2.36. The number of fused-ring (bicyclic) bond motifs is 1. The molecule has 8 nitrogen and oxygen atoms in total. The molecular formula is C16H16O8. The van der Waals surface area contributed by atoms with Gasteiger partial charge in [0.25, 0.3) is 0 Å². The van der Waals surface area contributed by atoms with Gasteiger partial charge in [-0.1, -0.05) is 18.2 Å². The minimum absolute atomic E-state index is 0.0329. The fraction of sp³-hybridized carbons (Fsp3) is 0.375. The number of carbonyl (C=O) groups is 4. The Bertz CT molecular complexity index is 708. The molecule has 0 saturated heterocycles. The molecule has 0 saturated carbocycles. The van der Waals surface area contributed by atoms with E-state index in [2.05, 4.69) is 0 Å². The Balaban J connectivity index is 2.39. The molecule has 3 unspecified atom stereocenters. The number of benzene rings is 1. The molecule has 1 aromatic rings. The Morgan fingerprint density at radius 1 is 0.917 bits per heavy atom. The highest BCUT2D eigenvalue weighted by Crippen LogP contribution is 2.33. The van der Waals surface area contributed by atoms with Gasteiger partial charge in [-0.2, -0.15) is 0 Å². The Labute approximate surface area is 136 Å². The van der Waals surface area contributed by atoms with Crippen LogP contribution < -0.4 is 0 Å². The lowest BCUT2D eigenvalue weighted by molar-refractivity contribution is -0.154. The highest BCUT2D eigenvalue weighted by Gasteiger charge is 2.38. The molecule has 24 heavy (non-hydrogen) atoms. The van der Waals surface area contributed by atoms with Crippen molar-refractivity contribution >= 4 is 23.9 Å². The van der Waals surface area contributed by atoms with Gasteiger partial charge >= 0.3 is 23.9 Å². The summed E-state index contributed by atoms with van der Waals surface area (Å²) in [5.74, 6) is -8.34. The van der Waals surface area contributed by atoms with Gasteiger partial charge in [0.1, 0.15) is 0 Å². The van der Waals surface area contributed by atoms with Crippen molar-refractivity contribution in [3.8, 4) is 0 Å². The van der Waals surface area contributed by atoms with Crippen molar-refractivity contribution < 1.29 is 39.6 Å². The first kappa shape index (κ1) is 17.5. The van der Waals surface area contributed by atoms with Gasteiger partial charge in [-0.15, -0.1) is 0 Å². The van der Waals surface area contributed by atoms with Gasteiger partial charge in [0.2, 0.25) is 0 Å². The largest absolute Gasteiger partial charge is 0.481 e. The Morgan fingerprint density at radius 2 is 1.46 bits per heavy atom. The summed E-state index contributed by atoms with van der Waals surface area (Å²) in [6, 6.07) is 4.49. The minimum Gasteiger partial charge on any atom is -0.481 e. The molecule has 0 bridgehead atoms. The van der Waals surface area contributed by atoms with Gasteiger partial charge in [-0.05, 0) is 29.5 Å². The van der Waals surface area contributed by atoms with Gasteiger partial charge in [-0.25, -0.2) is 0 Å². The predicted molar refractivity (Wildman–Crippen MR) is 78.7 cm³/mol. The van der Waals surface area contributed by atoms with Crippen molar-refractivity contribution in [1.29, 1.82) is 0 Å². The molecule has 128 valence electrons. The van der Waals surface area contributed by atoms with E-state index < -0.39 is 48.1 Å². The summed E-state index contributed by atoms with van der Waals surface area (Å²) in [5, 5.41) is 36.5. The Kier molecular flexibility index (Phi) is 4.87. The normalized spacial score (nSPS) is 20.7. The second-order valence-electron chi connectivity index (χ2n) is 5.81. The van der Waals surface area contributed by atoms with E-state index in [0.717, 1.165) is 0 Å². The molecule has 0 heterocycles. The number of aliphatic carboxylic acids is 4. The highest BCUT2D eigenvalue weighted by atomic mass is 16.4. The highest BCUT2D eigenvalue weighted by molar-refractivity contribution is 5.83. The SMILES string of the molecule is O=C(O)CC(C(=O)O)c1ccc2c(c1)CC(C(=O)O)C(C(=O)O)C2. The molecule has 2 rings (SSSR count). The number of hydrogen-bond donors (Lipinski definition) is 4. The van der Waals surface area contributed by atoms with Crippen molar-refractivity contribution in [2.45, 2.75) is 25.2 Å². The van der Waals surface area contributed by atoms with Crippen LogP contribution in [-0.2, 0) is 32.0 Å². The Hall–Kier alpha value is -2.90. The summed E-state index contributed by atoms with van der Waals surface area (Å²) >= 11 is 0. The van der Waals surface area contributed by atoms with Crippen LogP contribution in [-0.4, -0.2) is 44.3 Å². The van der Waals surface area contributed by atoms with Gasteiger partial charge in [-0.3, -0.25) is 19.2 Å². The van der Waals surface area contributed by atoms with Crippen molar-refractivity contribution in [3.05, 3.63) is 34.9 Å². The first-order valence-corrected chi connectivity index (χ1v) is 7.22. The van der Waals surface area contributed by atoms with Crippen LogP contribution in [0.3, 0.4) is 0 Å². The van der Waals surface area contributed by atoms with E-state index in [1.165, 1.54) is 12.1 Å². The number of carboxylic acid groups (broad SMARTS) is 4. The third-order valence-electron chi connectivity index (χ3n) is 4.31. The lowest BCUT2D eigenvalue weighted by Gasteiger charge is -2.28. The molecule has 0 aliphatic heterocycles. The number of rotatable bonds is 6. The standard InChI is InChI=1S/C16H16O8/c17-13(18)6-10(14(19)20)8-2-1-7-4-11(15(21)22)12(16(23)24)5-9(7)3-8/h1-3,10-12H,4-6H2,(H,17,18)(H,19,20)(H,21,22)(H,23,24). The average Bonchev–Trinajstić information content (AvgIpc) is 2.50. The quantitative estimate of drug-likeness (QED) is 0.596. The third kappa shape index (κ3) is 3.53. The zero-order valence-electron chi connectivity index (χ0n) is 12.5. The lowest BCUT2D eigenvalue weighted by atomic mass is 9.75. The summed E-state index contributed by atoms with van der Waals surface area (Å²) in [4.78, 5) is 44.7. The van der Waals surface area contributed by atoms with Crippen LogP contribution in [0.15, 0.2) is 18.2 Å². The van der Waals surface area contributed by atoms with Crippen molar-refractivity contribution in [2.75, 3.05) is 0 Å². The van der Waals surface area contributed by atoms with Crippen LogP contribution in [0, 0.1) is 11.8 Å². The topological polar surface area (TPSA) is 149 Å². The van der Waals surface area contributed by atoms with Gasteiger partial charge < -0.3 is 20.4 Å². The molecule has 0 aromatic heterocycles. The summed E-state index contributed by atoms with van der Waals surface area (Å²) in [6.07, 6.45) is -0.582. The molecule has 1 aromatic carbocycles. The van der Waals surface area contributed by atoms with Crippen LogP contribution in [0.1, 0.15) is 29.0 Å². The van der Waals surface area contributed by atoms with Gasteiger partial charge in [0.05, 0.1) is 24.2 Å². The smallest absolute Gasteiger partial charge is 0.311 e. The molecule has 0 spiro atoms. The number of carboxylic acids is 4. The molecule has 8 heteroatoms. The van der Waals surface area contributed by atoms with Crippen LogP contribution in [0.2, 0.25) is 0 Å². The van der Waals surface area contributed by atoms with E-state index in [-0.39, 0.29) is 18.4 Å². The molecular weight excluding hydrogens is 320 g/mol. The Morgan fingerprint density at radius 3 is 1.92 bits per heavy atom. The zero-order chi connectivity index (χ0) is 18.0. The first-order chi connectivity index (χ1) is 11.2. The second-order valence-corrected chi connectivity index (χ2v) is 5.81. The summed E-state index contributed by atoms with van der Waals surface area (Å²) in [7, 11) is 0. The zero-order valence-corrected chi connectivity index (χ0v) is 12.5. The maximum atomic E-state index is 11.3. The molecule has 3 atom stereocenters. The van der Waals surface area contributed by atoms with Crippen molar-refractivity contribution in [1.82, 2.24) is 0 Å². The number of hydrogen-bond acceptors (Lipinski definition) is 4. The fourth-order valence-electron chi connectivity index (χ4n) is 3.05. The van der Waals surface area contributed by atoms with E-state index in [9.17, 15) is 34.5 Å².